The van der Waals surface area contributed by atoms with E-state index in [1.54, 1.807) is 0 Å². The van der Waals surface area contributed by atoms with Crippen LogP contribution < -0.4 is 10.1 Å². The molecule has 0 aliphatic heterocycles. The molecule has 1 atom stereocenters. The van der Waals surface area contributed by atoms with E-state index in [1.165, 1.54) is 0 Å². The second kappa shape index (κ2) is 8.82. The second-order valence-electron chi connectivity index (χ2n) is 4.90. The van der Waals surface area contributed by atoms with Crippen LogP contribution in [0, 0.1) is 6.92 Å². The summed E-state index contributed by atoms with van der Waals surface area (Å²) in [7, 11) is 0. The predicted octanol–water partition coefficient (Wildman–Crippen LogP) is 3.26. The first kappa shape index (κ1) is 16.8. The molecular weight excluding hydrogens is 278 g/mol. The molecule has 0 saturated carbocycles. The van der Waals surface area contributed by atoms with E-state index in [4.69, 9.17) is 21.4 Å². The van der Waals surface area contributed by atoms with Gasteiger partial charge in [0.1, 0.15) is 5.75 Å². The van der Waals surface area contributed by atoms with Crippen LogP contribution in [0.25, 0.3) is 0 Å². The van der Waals surface area contributed by atoms with Crippen LogP contribution in [-0.2, 0) is 4.79 Å². The van der Waals surface area contributed by atoms with Crippen LogP contribution in [0.1, 0.15) is 31.7 Å². The first-order chi connectivity index (χ1) is 9.49. The molecule has 0 fully saturated rings. The highest BCUT2D eigenvalue weighted by Gasteiger charge is 2.03. The topological polar surface area (TPSA) is 58.6 Å². The van der Waals surface area contributed by atoms with Crippen molar-refractivity contribution in [2.24, 2.45) is 0 Å². The molecule has 0 bridgehead atoms. The highest BCUT2D eigenvalue weighted by molar-refractivity contribution is 6.31. The van der Waals surface area contributed by atoms with Gasteiger partial charge in [0.25, 0.3) is 0 Å². The molecule has 0 saturated heterocycles. The van der Waals surface area contributed by atoms with Gasteiger partial charge in [-0.1, -0.05) is 11.6 Å². The number of rotatable bonds is 9. The summed E-state index contributed by atoms with van der Waals surface area (Å²) in [5, 5.41) is 12.5. The molecule has 0 spiro atoms. The molecule has 0 radical (unpaired) electrons. The molecule has 1 aromatic rings. The van der Waals surface area contributed by atoms with Gasteiger partial charge in [-0.15, -0.1) is 0 Å². The summed E-state index contributed by atoms with van der Waals surface area (Å²) < 4.78 is 5.65. The Balaban J connectivity index is 2.14. The SMILES string of the molecule is Cc1cc(OCCCC(C)NCCC(=O)O)ccc1Cl. The summed E-state index contributed by atoms with van der Waals surface area (Å²) >= 11 is 5.95. The molecule has 1 rings (SSSR count). The zero-order valence-electron chi connectivity index (χ0n) is 12.0. The van der Waals surface area contributed by atoms with E-state index >= 15 is 0 Å². The Hall–Kier alpha value is -1.26. The van der Waals surface area contributed by atoms with Crippen molar-refractivity contribution in [1.29, 1.82) is 0 Å². The zero-order chi connectivity index (χ0) is 15.0. The Kier molecular flexibility index (Phi) is 7.41. The van der Waals surface area contributed by atoms with E-state index < -0.39 is 5.97 Å². The minimum absolute atomic E-state index is 0.158. The van der Waals surface area contributed by atoms with Gasteiger partial charge in [0.15, 0.2) is 0 Å². The average Bonchev–Trinajstić information content (AvgIpc) is 2.38. The number of nitrogens with one attached hydrogen (secondary N) is 1. The van der Waals surface area contributed by atoms with Gasteiger partial charge in [-0.2, -0.15) is 0 Å². The quantitative estimate of drug-likeness (QED) is 0.687. The first-order valence-corrected chi connectivity index (χ1v) is 7.21. The number of carboxylic acids is 1. The highest BCUT2D eigenvalue weighted by Crippen LogP contribution is 2.21. The molecule has 4 nitrogen and oxygen atoms in total. The summed E-state index contributed by atoms with van der Waals surface area (Å²) in [6, 6.07) is 5.92. The summed E-state index contributed by atoms with van der Waals surface area (Å²) in [6.45, 7) is 5.15. The summed E-state index contributed by atoms with van der Waals surface area (Å²) in [6.07, 6.45) is 2.03. The third-order valence-electron chi connectivity index (χ3n) is 3.01. The van der Waals surface area contributed by atoms with Gasteiger partial charge < -0.3 is 15.2 Å². The fourth-order valence-corrected chi connectivity index (χ4v) is 1.93. The fraction of sp³-hybridized carbons (Fsp3) is 0.533. The number of hydrogen-bond donors (Lipinski definition) is 2. The number of benzene rings is 1. The Morgan fingerprint density at radius 2 is 2.25 bits per heavy atom. The van der Waals surface area contributed by atoms with Gasteiger partial charge in [-0.05, 0) is 50.5 Å². The molecule has 0 amide bonds. The summed E-state index contributed by atoms with van der Waals surface area (Å²) in [4.78, 5) is 10.4. The molecule has 0 aromatic heterocycles. The highest BCUT2D eigenvalue weighted by atomic mass is 35.5. The van der Waals surface area contributed by atoms with Crippen LogP contribution in [0.5, 0.6) is 5.75 Å². The van der Waals surface area contributed by atoms with Gasteiger partial charge in [-0.25, -0.2) is 0 Å². The molecule has 20 heavy (non-hydrogen) atoms. The molecule has 2 N–H and O–H groups in total. The van der Waals surface area contributed by atoms with E-state index in [-0.39, 0.29) is 6.42 Å². The van der Waals surface area contributed by atoms with Crippen LogP contribution in [0.2, 0.25) is 5.02 Å². The van der Waals surface area contributed by atoms with Crippen LogP contribution in [0.3, 0.4) is 0 Å². The van der Waals surface area contributed by atoms with Crippen LogP contribution in [0.4, 0.5) is 0 Å². The third kappa shape index (κ3) is 6.78. The molecule has 112 valence electrons. The van der Waals surface area contributed by atoms with E-state index in [1.807, 2.05) is 32.0 Å². The van der Waals surface area contributed by atoms with E-state index in [0.29, 0.717) is 19.2 Å². The van der Waals surface area contributed by atoms with E-state index in [9.17, 15) is 4.79 Å². The maximum absolute atomic E-state index is 10.4. The van der Waals surface area contributed by atoms with Crippen LogP contribution in [0.15, 0.2) is 18.2 Å². The monoisotopic (exact) mass is 299 g/mol. The second-order valence-corrected chi connectivity index (χ2v) is 5.31. The first-order valence-electron chi connectivity index (χ1n) is 6.83. The number of halogens is 1. The van der Waals surface area contributed by atoms with Gasteiger partial charge in [0.2, 0.25) is 0 Å². The van der Waals surface area contributed by atoms with Crippen molar-refractivity contribution < 1.29 is 14.6 Å². The largest absolute Gasteiger partial charge is 0.494 e. The van der Waals surface area contributed by atoms with Crippen molar-refractivity contribution in [3.05, 3.63) is 28.8 Å². The van der Waals surface area contributed by atoms with Crippen molar-refractivity contribution >= 4 is 17.6 Å². The predicted molar refractivity (Wildman–Crippen MR) is 80.6 cm³/mol. The fourth-order valence-electron chi connectivity index (χ4n) is 1.81. The number of ether oxygens (including phenoxy) is 1. The van der Waals surface area contributed by atoms with Crippen LogP contribution in [-0.4, -0.2) is 30.3 Å². The lowest BCUT2D eigenvalue weighted by Crippen LogP contribution is -2.28. The molecule has 1 unspecified atom stereocenters. The number of carboxylic acid groups (broad SMARTS) is 1. The lowest BCUT2D eigenvalue weighted by atomic mass is 10.2. The van der Waals surface area contributed by atoms with Gasteiger partial charge in [0.05, 0.1) is 13.0 Å². The minimum Gasteiger partial charge on any atom is -0.494 e. The van der Waals surface area contributed by atoms with E-state index in [2.05, 4.69) is 5.32 Å². The number of aryl methyl sites for hydroxylation is 1. The maximum atomic E-state index is 10.4. The Bertz CT molecular complexity index is 437. The molecule has 0 aliphatic carbocycles. The van der Waals surface area contributed by atoms with E-state index in [0.717, 1.165) is 29.2 Å². The Morgan fingerprint density at radius 1 is 1.50 bits per heavy atom. The normalized spacial score (nSPS) is 12.2. The Morgan fingerprint density at radius 3 is 2.90 bits per heavy atom. The van der Waals surface area contributed by atoms with Gasteiger partial charge >= 0.3 is 5.97 Å². The van der Waals surface area contributed by atoms with Gasteiger partial charge in [0, 0.05) is 17.6 Å². The van der Waals surface area contributed by atoms with Gasteiger partial charge in [-0.3, -0.25) is 4.79 Å². The molecular formula is C15H22ClNO3. The van der Waals surface area contributed by atoms with Crippen molar-refractivity contribution in [2.75, 3.05) is 13.2 Å². The average molecular weight is 300 g/mol. The molecule has 0 aliphatic rings. The van der Waals surface area contributed by atoms with Crippen molar-refractivity contribution in [3.8, 4) is 5.75 Å². The van der Waals surface area contributed by atoms with Crippen molar-refractivity contribution in [1.82, 2.24) is 5.32 Å². The molecule has 0 heterocycles. The van der Waals surface area contributed by atoms with Crippen LogP contribution >= 0.6 is 11.6 Å². The Labute approximate surface area is 125 Å². The van der Waals surface area contributed by atoms with Crippen molar-refractivity contribution in [2.45, 2.75) is 39.2 Å². The number of aliphatic carboxylic acids is 1. The lowest BCUT2D eigenvalue weighted by Gasteiger charge is -2.13. The smallest absolute Gasteiger partial charge is 0.304 e. The summed E-state index contributed by atoms with van der Waals surface area (Å²) in [5.74, 6) is 0.0598. The lowest BCUT2D eigenvalue weighted by molar-refractivity contribution is -0.136. The summed E-state index contributed by atoms with van der Waals surface area (Å²) in [5.41, 5.74) is 1.01. The molecule has 5 heteroatoms. The zero-order valence-corrected chi connectivity index (χ0v) is 12.7. The number of carbonyl (C=O) groups is 1. The molecule has 1 aromatic carbocycles. The standard InChI is InChI=1S/C15H22ClNO3/c1-11-10-13(5-6-14(11)16)20-9-3-4-12(2)17-8-7-15(18)19/h5-6,10,12,17H,3-4,7-9H2,1-2H3,(H,18,19). The number of hydrogen-bond acceptors (Lipinski definition) is 3. The van der Waals surface area contributed by atoms with Crippen molar-refractivity contribution in [3.63, 3.8) is 0 Å². The maximum Gasteiger partial charge on any atom is 0.304 e. The third-order valence-corrected chi connectivity index (χ3v) is 3.44. The minimum atomic E-state index is -0.772.